The fraction of sp³-hybridized carbons (Fsp3) is 0.0154. The van der Waals surface area contributed by atoms with Gasteiger partial charge in [0.25, 0.3) is 0 Å². The van der Waals surface area contributed by atoms with Crippen molar-refractivity contribution in [3.05, 3.63) is 295 Å². The van der Waals surface area contributed by atoms with Crippen molar-refractivity contribution in [2.24, 2.45) is 0 Å². The molecule has 0 saturated heterocycles. The van der Waals surface area contributed by atoms with Crippen LogP contribution in [0, 0.1) is 0 Å². The van der Waals surface area contributed by atoms with Crippen LogP contribution in [0.5, 0.6) is 0 Å². The summed E-state index contributed by atoms with van der Waals surface area (Å²) in [4.78, 5) is 2.40. The summed E-state index contributed by atoms with van der Waals surface area (Å²) < 4.78 is 6.29. The van der Waals surface area contributed by atoms with E-state index in [1.54, 1.807) is 0 Å². The third kappa shape index (κ3) is 7.08. The second-order valence-electron chi connectivity index (χ2n) is 17.2. The summed E-state index contributed by atoms with van der Waals surface area (Å²) in [5.74, 6) is 0. The Morgan fingerprint density at radius 3 is 1.40 bits per heavy atom. The second kappa shape index (κ2) is 17.0. The van der Waals surface area contributed by atoms with Crippen molar-refractivity contribution < 1.29 is 4.42 Å². The van der Waals surface area contributed by atoms with Gasteiger partial charge in [-0.2, -0.15) is 0 Å². The summed E-state index contributed by atoms with van der Waals surface area (Å²) in [5.41, 5.74) is 16.4. The summed E-state index contributed by atoms with van der Waals surface area (Å²) in [7, 11) is 0. The van der Waals surface area contributed by atoms with E-state index in [-0.39, 0.29) is 0 Å². The first-order chi connectivity index (χ1) is 33.2. The smallest absolute Gasteiger partial charge is 0.136 e. The molecule has 0 aliphatic rings. The van der Waals surface area contributed by atoms with E-state index in [0.29, 0.717) is 0 Å². The molecule has 0 fully saturated rings. The minimum absolute atomic E-state index is 0.515. The van der Waals surface area contributed by atoms with Crippen molar-refractivity contribution in [3.63, 3.8) is 0 Å². The van der Waals surface area contributed by atoms with Gasteiger partial charge < -0.3 is 9.32 Å². The normalized spacial score (nSPS) is 11.6. The van der Waals surface area contributed by atoms with E-state index in [1.807, 2.05) is 12.1 Å². The van der Waals surface area contributed by atoms with Gasteiger partial charge in [-0.25, -0.2) is 0 Å². The Morgan fingerprint density at radius 1 is 0.269 bits per heavy atom. The average Bonchev–Trinajstić information content (AvgIpc) is 3.79. The van der Waals surface area contributed by atoms with Crippen LogP contribution in [-0.2, 0) is 5.41 Å². The fourth-order valence-corrected chi connectivity index (χ4v) is 10.3. The number of furan rings is 1. The highest BCUT2D eigenvalue weighted by molar-refractivity contribution is 6.07. The van der Waals surface area contributed by atoms with E-state index in [2.05, 4.69) is 266 Å². The number of hydrogen-bond acceptors (Lipinski definition) is 2. The molecule has 0 aliphatic heterocycles. The van der Waals surface area contributed by atoms with Crippen molar-refractivity contribution in [2.75, 3.05) is 4.90 Å². The zero-order chi connectivity index (χ0) is 44.6. The van der Waals surface area contributed by atoms with E-state index in [9.17, 15) is 0 Å². The maximum absolute atomic E-state index is 6.29. The lowest BCUT2D eigenvalue weighted by molar-refractivity contribution is 0.669. The van der Waals surface area contributed by atoms with Gasteiger partial charge in [-0.05, 0) is 110 Å². The molecule has 316 valence electrons. The van der Waals surface area contributed by atoms with Gasteiger partial charge in [0.2, 0.25) is 0 Å². The molecule has 0 unspecified atom stereocenters. The molecule has 0 N–H and O–H groups in total. The van der Waals surface area contributed by atoms with Crippen LogP contribution < -0.4 is 4.90 Å². The first-order valence-corrected chi connectivity index (χ1v) is 23.0. The number of nitrogens with zero attached hydrogens (tertiary/aromatic N) is 1. The SMILES string of the molecule is c1ccc(-c2cccc(N(c3ccc(-c4ccc5c(c4)oc4ccccc45)cc3)c3ccc(-c4ccc(C(c5ccccc5)(c5ccccc5)c5ccccc5)cc4)c4ccccc34)c2)cc1. The topological polar surface area (TPSA) is 16.4 Å². The van der Waals surface area contributed by atoms with Crippen LogP contribution in [0.1, 0.15) is 22.3 Å². The Hall–Kier alpha value is -8.72. The molecule has 12 rings (SSSR count). The summed E-state index contributed by atoms with van der Waals surface area (Å²) in [5, 5.41) is 4.62. The molecule has 0 amide bonds. The summed E-state index contributed by atoms with van der Waals surface area (Å²) in [6.45, 7) is 0. The quantitative estimate of drug-likeness (QED) is 0.127. The number of rotatable bonds is 10. The molecule has 0 atom stereocenters. The van der Waals surface area contributed by atoms with Crippen LogP contribution in [0.15, 0.2) is 277 Å². The lowest BCUT2D eigenvalue weighted by Gasteiger charge is -2.37. The molecule has 0 saturated carbocycles. The lowest BCUT2D eigenvalue weighted by atomic mass is 9.65. The maximum Gasteiger partial charge on any atom is 0.136 e. The van der Waals surface area contributed by atoms with Gasteiger partial charge in [-0.3, -0.25) is 0 Å². The Kier molecular flexibility index (Phi) is 10.1. The van der Waals surface area contributed by atoms with Crippen molar-refractivity contribution in [1.82, 2.24) is 0 Å². The van der Waals surface area contributed by atoms with Crippen molar-refractivity contribution in [3.8, 4) is 33.4 Å². The van der Waals surface area contributed by atoms with E-state index in [0.717, 1.165) is 61.3 Å². The van der Waals surface area contributed by atoms with Crippen LogP contribution >= 0.6 is 0 Å². The highest BCUT2D eigenvalue weighted by Crippen LogP contribution is 2.47. The molecule has 2 nitrogen and oxygen atoms in total. The molecule has 2 heteroatoms. The van der Waals surface area contributed by atoms with Crippen molar-refractivity contribution >= 4 is 49.8 Å². The van der Waals surface area contributed by atoms with Gasteiger partial charge in [0.05, 0.1) is 11.1 Å². The number of fused-ring (bicyclic) bond motifs is 4. The van der Waals surface area contributed by atoms with Crippen molar-refractivity contribution in [2.45, 2.75) is 5.41 Å². The predicted molar refractivity (Wildman–Crippen MR) is 281 cm³/mol. The molecule has 67 heavy (non-hydrogen) atoms. The van der Waals surface area contributed by atoms with Gasteiger partial charge in [0, 0.05) is 27.5 Å². The minimum Gasteiger partial charge on any atom is -0.456 e. The summed E-state index contributed by atoms with van der Waals surface area (Å²) in [6.07, 6.45) is 0. The van der Waals surface area contributed by atoms with Gasteiger partial charge in [-0.1, -0.05) is 224 Å². The van der Waals surface area contributed by atoms with Gasteiger partial charge >= 0.3 is 0 Å². The van der Waals surface area contributed by atoms with E-state index in [4.69, 9.17) is 4.42 Å². The van der Waals surface area contributed by atoms with E-state index < -0.39 is 5.41 Å². The summed E-state index contributed by atoms with van der Waals surface area (Å²) >= 11 is 0. The second-order valence-corrected chi connectivity index (χ2v) is 17.2. The van der Waals surface area contributed by atoms with Gasteiger partial charge in [-0.15, -0.1) is 0 Å². The highest BCUT2D eigenvalue weighted by Gasteiger charge is 2.38. The molecule has 0 aliphatic carbocycles. The summed E-state index contributed by atoms with van der Waals surface area (Å²) in [6, 6.07) is 98.7. The molecule has 1 heterocycles. The van der Waals surface area contributed by atoms with Crippen LogP contribution in [0.3, 0.4) is 0 Å². The monoisotopic (exact) mass is 855 g/mol. The van der Waals surface area contributed by atoms with Crippen LogP contribution in [0.4, 0.5) is 17.1 Å². The molecule has 1 aromatic heterocycles. The van der Waals surface area contributed by atoms with Crippen LogP contribution in [0.2, 0.25) is 0 Å². The number of hydrogen-bond donors (Lipinski definition) is 0. The molecule has 12 aromatic rings. The third-order valence-electron chi connectivity index (χ3n) is 13.4. The van der Waals surface area contributed by atoms with Gasteiger partial charge in [0.1, 0.15) is 11.2 Å². The number of anilines is 3. The molecule has 0 bridgehead atoms. The van der Waals surface area contributed by atoms with Gasteiger partial charge in [0.15, 0.2) is 0 Å². The largest absolute Gasteiger partial charge is 0.456 e. The van der Waals surface area contributed by atoms with Crippen LogP contribution in [-0.4, -0.2) is 0 Å². The fourth-order valence-electron chi connectivity index (χ4n) is 10.3. The molecular formula is C65H45NO. The highest BCUT2D eigenvalue weighted by atomic mass is 16.3. The lowest BCUT2D eigenvalue weighted by Crippen LogP contribution is -2.30. The van der Waals surface area contributed by atoms with E-state index >= 15 is 0 Å². The van der Waals surface area contributed by atoms with Crippen LogP contribution in [0.25, 0.3) is 66.1 Å². The Labute approximate surface area is 391 Å². The maximum atomic E-state index is 6.29. The Morgan fingerprint density at radius 2 is 0.746 bits per heavy atom. The molecule has 0 spiro atoms. The molecular weight excluding hydrogens is 811 g/mol. The Bertz CT molecular complexity index is 3560. The van der Waals surface area contributed by atoms with E-state index in [1.165, 1.54) is 44.2 Å². The zero-order valence-corrected chi connectivity index (χ0v) is 36.8. The standard InChI is InChI=1S/C65H45NO/c1-5-18-46(19-6-1)49-20-17-27-56(44-49)66(55-39-34-47(35-40-55)50-36-41-61-60-30-15-16-31-63(60)67-64(61)45-50)62-43-42-57(58-28-13-14-29-59(58)62)48-32-37-54(38-33-48)65(51-21-7-2-8-22-51,52-23-9-3-10-24-52)53-25-11-4-12-26-53/h1-45H. The number of para-hydroxylation sites is 1. The zero-order valence-electron chi connectivity index (χ0n) is 36.8. The molecule has 11 aromatic carbocycles. The third-order valence-corrected chi connectivity index (χ3v) is 13.4. The minimum atomic E-state index is -0.515. The molecule has 0 radical (unpaired) electrons. The van der Waals surface area contributed by atoms with Crippen molar-refractivity contribution in [1.29, 1.82) is 0 Å². The predicted octanol–water partition coefficient (Wildman–Crippen LogP) is 17.6. The first kappa shape index (κ1) is 39.8. The Balaban J connectivity index is 0.976. The number of benzene rings is 11. The first-order valence-electron chi connectivity index (χ1n) is 23.0. The average molecular weight is 856 g/mol.